The summed E-state index contributed by atoms with van der Waals surface area (Å²) in [5.74, 6) is -2.75. The number of nitriles is 1. The monoisotopic (exact) mass is 575 g/mol. The second kappa shape index (κ2) is 8.92. The molecular formula is C33H44F3NO4. The number of carbonyl (C=O) groups excluding carboxylic acids is 3. The Labute approximate surface area is 241 Å². The molecule has 0 radical (unpaired) electrons. The third-order valence-electron chi connectivity index (χ3n) is 13.4. The SMILES string of the molecule is CC1(C)CC[C@]2(COC(=O)C(F)(F)F)CC[C@]3(C)[C@H](C(=O)C[C@@H]4[C@@]5(C)C=C(C#N)C(=O)C(C)(C)[C@@H]5CC[C@]43C)[C@H]2C1. The first-order valence-corrected chi connectivity index (χ1v) is 15.1. The third-order valence-corrected chi connectivity index (χ3v) is 13.4. The molecule has 4 saturated carbocycles. The first-order valence-electron chi connectivity index (χ1n) is 15.1. The number of allylic oxidation sites excluding steroid dienone is 2. The molecule has 0 saturated heterocycles. The minimum Gasteiger partial charge on any atom is -0.458 e. The molecule has 5 aliphatic carbocycles. The van der Waals surface area contributed by atoms with E-state index in [4.69, 9.17) is 4.74 Å². The Morgan fingerprint density at radius 2 is 1.61 bits per heavy atom. The summed E-state index contributed by atoms with van der Waals surface area (Å²) in [7, 11) is 0. The highest BCUT2D eigenvalue weighted by molar-refractivity contribution is 6.04. The van der Waals surface area contributed by atoms with Gasteiger partial charge in [0.2, 0.25) is 0 Å². The molecule has 5 nitrogen and oxygen atoms in total. The van der Waals surface area contributed by atoms with Gasteiger partial charge in [-0.2, -0.15) is 18.4 Å². The maximum Gasteiger partial charge on any atom is 0.490 e. The van der Waals surface area contributed by atoms with Crippen molar-refractivity contribution in [3.05, 3.63) is 11.6 Å². The summed E-state index contributed by atoms with van der Waals surface area (Å²) in [6.45, 7) is 14.5. The normalized spacial score (nSPS) is 44.8. The quantitative estimate of drug-likeness (QED) is 0.321. The van der Waals surface area contributed by atoms with Crippen molar-refractivity contribution in [3.8, 4) is 6.07 Å². The second-order valence-corrected chi connectivity index (χ2v) is 16.1. The van der Waals surface area contributed by atoms with Crippen LogP contribution in [0.25, 0.3) is 0 Å². The van der Waals surface area contributed by atoms with Crippen molar-refractivity contribution in [2.45, 2.75) is 106 Å². The van der Waals surface area contributed by atoms with Crippen LogP contribution in [-0.4, -0.2) is 30.3 Å². The van der Waals surface area contributed by atoms with Crippen LogP contribution in [0.1, 0.15) is 99.8 Å². The Morgan fingerprint density at radius 1 is 0.976 bits per heavy atom. The maximum absolute atomic E-state index is 14.5. The van der Waals surface area contributed by atoms with Gasteiger partial charge < -0.3 is 4.74 Å². The molecule has 0 bridgehead atoms. The lowest BCUT2D eigenvalue weighted by atomic mass is 9.31. The summed E-state index contributed by atoms with van der Waals surface area (Å²) in [6.07, 6.45) is 2.17. The van der Waals surface area contributed by atoms with Crippen LogP contribution in [0, 0.1) is 67.5 Å². The van der Waals surface area contributed by atoms with E-state index in [1.54, 1.807) is 0 Å². The number of hydrogen-bond donors (Lipinski definition) is 0. The minimum atomic E-state index is -5.05. The first-order chi connectivity index (χ1) is 18.7. The smallest absolute Gasteiger partial charge is 0.458 e. The minimum absolute atomic E-state index is 0.00343. The van der Waals surface area contributed by atoms with E-state index >= 15 is 0 Å². The first kappa shape index (κ1) is 30.3. The van der Waals surface area contributed by atoms with Crippen molar-refractivity contribution in [2.75, 3.05) is 6.61 Å². The van der Waals surface area contributed by atoms with Crippen LogP contribution in [-0.2, 0) is 19.1 Å². The summed E-state index contributed by atoms with van der Waals surface area (Å²) < 4.78 is 44.3. The van der Waals surface area contributed by atoms with Gasteiger partial charge in [0, 0.05) is 23.2 Å². The number of nitrogens with zero attached hydrogens (tertiary/aromatic N) is 1. The van der Waals surface area contributed by atoms with Crippen molar-refractivity contribution in [1.82, 2.24) is 0 Å². The Morgan fingerprint density at radius 3 is 2.22 bits per heavy atom. The second-order valence-electron chi connectivity index (χ2n) is 16.1. The van der Waals surface area contributed by atoms with Gasteiger partial charge in [-0.15, -0.1) is 0 Å². The zero-order chi connectivity index (χ0) is 30.6. The number of esters is 1. The molecule has 226 valence electrons. The molecule has 8 heteroatoms. The molecule has 0 aromatic heterocycles. The maximum atomic E-state index is 14.5. The van der Waals surface area contributed by atoms with Gasteiger partial charge in [0.25, 0.3) is 0 Å². The highest BCUT2D eigenvalue weighted by atomic mass is 19.4. The van der Waals surface area contributed by atoms with Gasteiger partial charge in [0.1, 0.15) is 11.9 Å². The van der Waals surface area contributed by atoms with Crippen LogP contribution in [0.15, 0.2) is 11.6 Å². The molecule has 0 aliphatic heterocycles. The van der Waals surface area contributed by atoms with Gasteiger partial charge in [-0.3, -0.25) is 9.59 Å². The highest BCUT2D eigenvalue weighted by Gasteiger charge is 2.72. The molecule has 0 heterocycles. The van der Waals surface area contributed by atoms with Crippen molar-refractivity contribution < 1.29 is 32.3 Å². The number of rotatable bonds is 2. The molecular weight excluding hydrogens is 531 g/mol. The van der Waals surface area contributed by atoms with Crippen molar-refractivity contribution in [2.24, 2.45) is 56.2 Å². The highest BCUT2D eigenvalue weighted by Crippen LogP contribution is 2.75. The number of ketones is 2. The fourth-order valence-corrected chi connectivity index (χ4v) is 11.0. The van der Waals surface area contributed by atoms with E-state index in [-0.39, 0.29) is 58.2 Å². The van der Waals surface area contributed by atoms with Crippen molar-refractivity contribution >= 4 is 17.5 Å². The topological polar surface area (TPSA) is 84.2 Å². The van der Waals surface area contributed by atoms with E-state index in [0.717, 1.165) is 19.3 Å². The molecule has 4 fully saturated rings. The van der Waals surface area contributed by atoms with E-state index in [9.17, 15) is 32.8 Å². The van der Waals surface area contributed by atoms with Gasteiger partial charge in [0.15, 0.2) is 5.78 Å². The van der Waals surface area contributed by atoms with E-state index < -0.39 is 33.8 Å². The average Bonchev–Trinajstić information content (AvgIpc) is 2.86. The average molecular weight is 576 g/mol. The third kappa shape index (κ3) is 4.10. The van der Waals surface area contributed by atoms with Crippen LogP contribution < -0.4 is 0 Å². The Balaban J connectivity index is 1.57. The molecule has 0 aromatic rings. The summed E-state index contributed by atoms with van der Waals surface area (Å²) in [5.41, 5.74) is -2.48. The summed E-state index contributed by atoms with van der Waals surface area (Å²) in [6, 6.07) is 2.14. The fraction of sp³-hybridized carbons (Fsp3) is 0.818. The molecule has 41 heavy (non-hydrogen) atoms. The Hall–Kier alpha value is -2.17. The summed E-state index contributed by atoms with van der Waals surface area (Å²) >= 11 is 0. The number of alkyl halides is 3. The van der Waals surface area contributed by atoms with Gasteiger partial charge >= 0.3 is 12.1 Å². The standard InChI is InChI=1S/C33H44F3NO4/c1-27(2)10-12-32(18-41-26(40)33(34,35)36)13-11-31(7)24(20(32)16-27)21(38)14-23-29(5)15-19(17-37)25(39)28(3,4)22(29)8-9-30(23,31)6/h15,20,22-24H,8-14,16,18H2,1-7H3/t20-,22+,23-,24+,29+,30-,31-,32-/m1/s1. The number of carbonyl (C=O) groups is 3. The molecule has 8 atom stereocenters. The van der Waals surface area contributed by atoms with Crippen LogP contribution in [0.4, 0.5) is 13.2 Å². The number of Topliss-reactive ketones (excluding diaryl/α,β-unsaturated/α-hetero) is 2. The fourth-order valence-electron chi connectivity index (χ4n) is 11.0. The van der Waals surface area contributed by atoms with Gasteiger partial charge in [0.05, 0.1) is 12.2 Å². The molecule has 0 unspecified atom stereocenters. The van der Waals surface area contributed by atoms with Crippen molar-refractivity contribution in [1.29, 1.82) is 5.26 Å². The summed E-state index contributed by atoms with van der Waals surface area (Å²) in [4.78, 5) is 39.5. The number of hydrogen-bond acceptors (Lipinski definition) is 5. The zero-order valence-corrected chi connectivity index (χ0v) is 25.5. The predicted octanol–water partition coefficient (Wildman–Crippen LogP) is 7.39. The van der Waals surface area contributed by atoms with Crippen molar-refractivity contribution in [3.63, 3.8) is 0 Å². The molecule has 0 spiro atoms. The van der Waals surface area contributed by atoms with Crippen LogP contribution in [0.2, 0.25) is 0 Å². The Bertz CT molecular complexity index is 1260. The molecule has 5 rings (SSSR count). The van der Waals surface area contributed by atoms with Gasteiger partial charge in [-0.05, 0) is 84.4 Å². The van der Waals surface area contributed by atoms with Crippen LogP contribution in [0.3, 0.4) is 0 Å². The van der Waals surface area contributed by atoms with Crippen LogP contribution in [0.5, 0.6) is 0 Å². The van der Waals surface area contributed by atoms with Gasteiger partial charge in [-0.25, -0.2) is 4.79 Å². The molecule has 5 aliphatic rings. The number of halogens is 3. The van der Waals surface area contributed by atoms with E-state index in [1.165, 1.54) is 0 Å². The summed E-state index contributed by atoms with van der Waals surface area (Å²) in [5, 5.41) is 9.88. The van der Waals surface area contributed by atoms with E-state index in [2.05, 4.69) is 40.7 Å². The molecule has 0 amide bonds. The largest absolute Gasteiger partial charge is 0.490 e. The van der Waals surface area contributed by atoms with Crippen LogP contribution >= 0.6 is 0 Å². The number of ether oxygens (including phenoxy) is 1. The van der Waals surface area contributed by atoms with Gasteiger partial charge in [-0.1, -0.05) is 54.5 Å². The lowest BCUT2D eigenvalue weighted by Gasteiger charge is -2.72. The zero-order valence-electron chi connectivity index (χ0n) is 25.5. The lowest BCUT2D eigenvalue weighted by Crippen LogP contribution is -2.69. The predicted molar refractivity (Wildman–Crippen MR) is 146 cm³/mol. The van der Waals surface area contributed by atoms with E-state index in [1.807, 2.05) is 19.9 Å². The van der Waals surface area contributed by atoms with E-state index in [0.29, 0.717) is 32.1 Å². The molecule has 0 aromatic carbocycles. The number of fused-ring (bicyclic) bond motifs is 7. The lowest BCUT2D eigenvalue weighted by molar-refractivity contribution is -0.233. The molecule has 0 N–H and O–H groups in total. The Kier molecular flexibility index (Phi) is 6.59.